The van der Waals surface area contributed by atoms with Crippen LogP contribution in [0.25, 0.3) is 0 Å². The third-order valence-corrected chi connectivity index (χ3v) is 3.82. The standard InChI is InChI=1S/C14H11BrOS/c15-12-8-6-11(7-9-12)14(16)10-17-13-4-2-1-3-5-13/h1-9H,10H2. The third kappa shape index (κ3) is 3.72. The van der Waals surface area contributed by atoms with Crippen molar-refractivity contribution in [2.45, 2.75) is 4.90 Å². The number of halogens is 1. The van der Waals surface area contributed by atoms with Crippen LogP contribution in [-0.4, -0.2) is 11.5 Å². The van der Waals surface area contributed by atoms with E-state index in [0.717, 1.165) is 14.9 Å². The molecule has 2 rings (SSSR count). The van der Waals surface area contributed by atoms with Gasteiger partial charge in [-0.15, -0.1) is 11.8 Å². The Kier molecular flexibility index (Phi) is 4.40. The van der Waals surface area contributed by atoms with Gasteiger partial charge in [0.1, 0.15) is 0 Å². The minimum atomic E-state index is 0.159. The molecule has 0 N–H and O–H groups in total. The van der Waals surface area contributed by atoms with Gasteiger partial charge < -0.3 is 0 Å². The Morgan fingerprint density at radius 2 is 1.65 bits per heavy atom. The zero-order chi connectivity index (χ0) is 12.1. The van der Waals surface area contributed by atoms with E-state index in [2.05, 4.69) is 15.9 Å². The van der Waals surface area contributed by atoms with E-state index in [1.54, 1.807) is 11.8 Å². The van der Waals surface area contributed by atoms with E-state index in [4.69, 9.17) is 0 Å². The summed E-state index contributed by atoms with van der Waals surface area (Å²) in [5.41, 5.74) is 0.761. The molecule has 17 heavy (non-hydrogen) atoms. The van der Waals surface area contributed by atoms with Crippen molar-refractivity contribution in [2.75, 3.05) is 5.75 Å². The highest BCUT2D eigenvalue weighted by Crippen LogP contribution is 2.19. The second-order valence-corrected chi connectivity index (χ2v) is 5.50. The molecule has 0 bridgehead atoms. The molecule has 0 atom stereocenters. The molecule has 0 aliphatic carbocycles. The van der Waals surface area contributed by atoms with Gasteiger partial charge in [-0.2, -0.15) is 0 Å². The summed E-state index contributed by atoms with van der Waals surface area (Å²) >= 11 is 4.92. The fourth-order valence-electron chi connectivity index (χ4n) is 1.38. The summed E-state index contributed by atoms with van der Waals surface area (Å²) in [5, 5.41) is 0. The molecule has 0 amide bonds. The SMILES string of the molecule is O=C(CSc1ccccc1)c1ccc(Br)cc1. The molecule has 0 unspecified atom stereocenters. The van der Waals surface area contributed by atoms with Gasteiger partial charge in [0.2, 0.25) is 0 Å². The molecule has 2 aromatic carbocycles. The zero-order valence-electron chi connectivity index (χ0n) is 9.10. The molecular formula is C14H11BrOS. The van der Waals surface area contributed by atoms with Crippen molar-refractivity contribution in [3.05, 3.63) is 64.6 Å². The van der Waals surface area contributed by atoms with Crippen LogP contribution < -0.4 is 0 Å². The number of hydrogen-bond acceptors (Lipinski definition) is 2. The number of hydrogen-bond donors (Lipinski definition) is 0. The highest BCUT2D eigenvalue weighted by molar-refractivity contribution is 9.10. The number of carbonyl (C=O) groups excluding carboxylic acids is 1. The molecule has 0 spiro atoms. The van der Waals surface area contributed by atoms with Gasteiger partial charge in [-0.25, -0.2) is 0 Å². The smallest absolute Gasteiger partial charge is 0.173 e. The Balaban J connectivity index is 1.96. The van der Waals surface area contributed by atoms with E-state index >= 15 is 0 Å². The van der Waals surface area contributed by atoms with Crippen molar-refractivity contribution < 1.29 is 4.79 Å². The third-order valence-electron chi connectivity index (χ3n) is 2.28. The maximum Gasteiger partial charge on any atom is 0.173 e. The summed E-state index contributed by atoms with van der Waals surface area (Å²) in [6, 6.07) is 17.4. The lowest BCUT2D eigenvalue weighted by atomic mass is 10.2. The fraction of sp³-hybridized carbons (Fsp3) is 0.0714. The number of carbonyl (C=O) groups is 1. The highest BCUT2D eigenvalue weighted by Gasteiger charge is 2.05. The molecule has 3 heteroatoms. The number of rotatable bonds is 4. The molecule has 0 saturated heterocycles. The molecule has 86 valence electrons. The molecule has 0 aliphatic heterocycles. The highest BCUT2D eigenvalue weighted by atomic mass is 79.9. The number of benzene rings is 2. The molecule has 2 aromatic rings. The summed E-state index contributed by atoms with van der Waals surface area (Å²) in [6.45, 7) is 0. The quantitative estimate of drug-likeness (QED) is 0.614. The van der Waals surface area contributed by atoms with Crippen LogP contribution in [0.2, 0.25) is 0 Å². The van der Waals surface area contributed by atoms with E-state index in [1.807, 2.05) is 54.6 Å². The number of Topliss-reactive ketones (excluding diaryl/α,β-unsaturated/α-hetero) is 1. The second-order valence-electron chi connectivity index (χ2n) is 3.53. The van der Waals surface area contributed by atoms with E-state index in [0.29, 0.717) is 5.75 Å². The summed E-state index contributed by atoms with van der Waals surface area (Å²) < 4.78 is 0.991. The van der Waals surface area contributed by atoms with Gasteiger partial charge in [0.15, 0.2) is 5.78 Å². The van der Waals surface area contributed by atoms with Gasteiger partial charge in [0.25, 0.3) is 0 Å². The van der Waals surface area contributed by atoms with Crippen LogP contribution >= 0.6 is 27.7 Å². The average molecular weight is 307 g/mol. The maximum atomic E-state index is 11.9. The summed E-state index contributed by atoms with van der Waals surface area (Å²) in [5.74, 6) is 0.636. The summed E-state index contributed by atoms with van der Waals surface area (Å²) in [6.07, 6.45) is 0. The first-order chi connectivity index (χ1) is 8.25. The predicted octanol–water partition coefficient (Wildman–Crippen LogP) is 4.42. The largest absolute Gasteiger partial charge is 0.293 e. The zero-order valence-corrected chi connectivity index (χ0v) is 11.5. The van der Waals surface area contributed by atoms with Crippen LogP contribution in [0.5, 0.6) is 0 Å². The molecular weight excluding hydrogens is 296 g/mol. The molecule has 0 aliphatic rings. The van der Waals surface area contributed by atoms with Gasteiger partial charge in [0.05, 0.1) is 5.75 Å². The van der Waals surface area contributed by atoms with E-state index in [1.165, 1.54) is 0 Å². The first kappa shape index (κ1) is 12.4. The number of ketones is 1. The molecule has 0 radical (unpaired) electrons. The monoisotopic (exact) mass is 306 g/mol. The van der Waals surface area contributed by atoms with Crippen LogP contribution in [0, 0.1) is 0 Å². The first-order valence-electron chi connectivity index (χ1n) is 5.22. The van der Waals surface area contributed by atoms with Gasteiger partial charge in [0, 0.05) is 14.9 Å². The lowest BCUT2D eigenvalue weighted by Gasteiger charge is -2.01. The number of thioether (sulfide) groups is 1. The topological polar surface area (TPSA) is 17.1 Å². The van der Waals surface area contributed by atoms with Gasteiger partial charge >= 0.3 is 0 Å². The van der Waals surface area contributed by atoms with Crippen LogP contribution in [0.4, 0.5) is 0 Å². The molecule has 0 heterocycles. The van der Waals surface area contributed by atoms with E-state index in [-0.39, 0.29) is 5.78 Å². The molecule has 0 aromatic heterocycles. The summed E-state index contributed by atoms with van der Waals surface area (Å²) in [7, 11) is 0. The molecule has 0 saturated carbocycles. The van der Waals surface area contributed by atoms with Crippen LogP contribution in [-0.2, 0) is 0 Å². The second kappa shape index (κ2) is 6.03. The minimum Gasteiger partial charge on any atom is -0.293 e. The van der Waals surface area contributed by atoms with Crippen molar-refractivity contribution >= 4 is 33.5 Å². The maximum absolute atomic E-state index is 11.9. The van der Waals surface area contributed by atoms with Crippen molar-refractivity contribution in [3.8, 4) is 0 Å². The van der Waals surface area contributed by atoms with Crippen molar-refractivity contribution in [2.24, 2.45) is 0 Å². The molecule has 1 nitrogen and oxygen atoms in total. The van der Waals surface area contributed by atoms with Gasteiger partial charge in [-0.3, -0.25) is 4.79 Å². The van der Waals surface area contributed by atoms with Crippen LogP contribution in [0.3, 0.4) is 0 Å². The van der Waals surface area contributed by atoms with E-state index < -0.39 is 0 Å². The predicted molar refractivity (Wildman–Crippen MR) is 75.6 cm³/mol. The normalized spacial score (nSPS) is 10.2. The van der Waals surface area contributed by atoms with Crippen LogP contribution in [0.15, 0.2) is 64.0 Å². The van der Waals surface area contributed by atoms with Crippen LogP contribution in [0.1, 0.15) is 10.4 Å². The van der Waals surface area contributed by atoms with Gasteiger partial charge in [-0.1, -0.05) is 46.3 Å². The van der Waals surface area contributed by atoms with Crippen molar-refractivity contribution in [1.82, 2.24) is 0 Å². The Bertz CT molecular complexity index is 493. The van der Waals surface area contributed by atoms with E-state index in [9.17, 15) is 4.79 Å². The Labute approximate surface area is 113 Å². The fourth-order valence-corrected chi connectivity index (χ4v) is 2.46. The Hall–Kier alpha value is -1.06. The van der Waals surface area contributed by atoms with Crippen molar-refractivity contribution in [3.63, 3.8) is 0 Å². The lowest BCUT2D eigenvalue weighted by Crippen LogP contribution is -2.01. The first-order valence-corrected chi connectivity index (χ1v) is 7.00. The Morgan fingerprint density at radius 1 is 1.00 bits per heavy atom. The summed E-state index contributed by atoms with van der Waals surface area (Å²) in [4.78, 5) is 13.0. The lowest BCUT2D eigenvalue weighted by molar-refractivity contribution is 0.102. The minimum absolute atomic E-state index is 0.159. The van der Waals surface area contributed by atoms with Gasteiger partial charge in [-0.05, 0) is 24.3 Å². The Morgan fingerprint density at radius 3 is 2.29 bits per heavy atom. The molecule has 0 fully saturated rings. The van der Waals surface area contributed by atoms with Crippen molar-refractivity contribution in [1.29, 1.82) is 0 Å². The average Bonchev–Trinajstić information content (AvgIpc) is 2.38.